The molecule has 5 heterocycles. The fourth-order valence-electron chi connectivity index (χ4n) is 4.68. The lowest BCUT2D eigenvalue weighted by Gasteiger charge is -2.44. The highest BCUT2D eigenvalue weighted by atomic mass is 16.5. The summed E-state index contributed by atoms with van der Waals surface area (Å²) in [6, 6.07) is 0. The molecule has 1 fully saturated rings. The van der Waals surface area contributed by atoms with Gasteiger partial charge in [-0.05, 0) is 37.7 Å². The summed E-state index contributed by atoms with van der Waals surface area (Å²) < 4.78 is 8.30. The van der Waals surface area contributed by atoms with Crippen LogP contribution in [0.3, 0.4) is 0 Å². The molecule has 9 heteroatoms. The summed E-state index contributed by atoms with van der Waals surface area (Å²) in [5.41, 5.74) is 1.73. The van der Waals surface area contributed by atoms with Crippen molar-refractivity contribution in [3.05, 3.63) is 29.1 Å². The third-order valence-electron chi connectivity index (χ3n) is 6.34. The number of hydrogen-bond donors (Lipinski definition) is 0. The zero-order chi connectivity index (χ0) is 20.0. The Balaban J connectivity index is 1.36. The first kappa shape index (κ1) is 18.5. The third kappa shape index (κ3) is 3.08. The first-order valence-electron chi connectivity index (χ1n) is 10.5. The second kappa shape index (κ2) is 7.05. The smallest absolute Gasteiger partial charge is 0.291 e. The number of rotatable bonds is 2. The molecule has 0 aliphatic carbocycles. The molecule has 0 N–H and O–H groups in total. The predicted octanol–water partition coefficient (Wildman–Crippen LogP) is 1.17. The Bertz CT molecular complexity index is 931. The number of likely N-dealkylation sites (tertiary alicyclic amines) is 1. The first-order valence-corrected chi connectivity index (χ1v) is 10.5. The maximum absolute atomic E-state index is 13.1. The summed E-state index contributed by atoms with van der Waals surface area (Å²) in [5, 5.41) is 8.44. The minimum atomic E-state index is -0.428. The number of amides is 1. The van der Waals surface area contributed by atoms with Crippen molar-refractivity contribution in [1.29, 1.82) is 0 Å². The quantitative estimate of drug-likeness (QED) is 0.752. The summed E-state index contributed by atoms with van der Waals surface area (Å²) in [4.78, 5) is 26.2. The molecule has 1 spiro atoms. The number of anilines is 1. The van der Waals surface area contributed by atoms with E-state index in [0.29, 0.717) is 31.5 Å². The van der Waals surface area contributed by atoms with Crippen LogP contribution in [-0.2, 0) is 29.7 Å². The van der Waals surface area contributed by atoms with Crippen LogP contribution < -0.4 is 4.90 Å². The molecule has 0 atom stereocenters. The van der Waals surface area contributed by atoms with Crippen LogP contribution >= 0.6 is 0 Å². The molecule has 2 aromatic rings. The number of hydrogen-bond acceptors (Lipinski definition) is 7. The van der Waals surface area contributed by atoms with E-state index in [2.05, 4.69) is 15.2 Å². The topological polar surface area (TPSA) is 89.3 Å². The van der Waals surface area contributed by atoms with Crippen LogP contribution in [0.2, 0.25) is 0 Å². The number of aromatic nitrogens is 5. The lowest BCUT2D eigenvalue weighted by molar-refractivity contribution is -0.0968. The number of ether oxygens (including phenoxy) is 1. The van der Waals surface area contributed by atoms with Gasteiger partial charge in [-0.15, -0.1) is 10.2 Å². The van der Waals surface area contributed by atoms with Gasteiger partial charge in [-0.1, -0.05) is 0 Å². The molecule has 0 bridgehead atoms. The zero-order valence-electron chi connectivity index (χ0n) is 17.1. The van der Waals surface area contributed by atoms with E-state index in [-0.39, 0.29) is 5.91 Å². The van der Waals surface area contributed by atoms with Crippen molar-refractivity contribution in [2.24, 2.45) is 0 Å². The molecule has 5 rings (SSSR count). The molecule has 154 valence electrons. The van der Waals surface area contributed by atoms with E-state index in [0.717, 1.165) is 62.2 Å². The monoisotopic (exact) mass is 397 g/mol. The van der Waals surface area contributed by atoms with Crippen LogP contribution in [-0.4, -0.2) is 69.3 Å². The van der Waals surface area contributed by atoms with Gasteiger partial charge in [0.1, 0.15) is 11.4 Å². The van der Waals surface area contributed by atoms with Crippen LogP contribution in [0, 0.1) is 0 Å². The number of aryl methyl sites for hydroxylation is 1. The summed E-state index contributed by atoms with van der Waals surface area (Å²) in [7, 11) is 3.89. The van der Waals surface area contributed by atoms with Crippen LogP contribution in [0.5, 0.6) is 0 Å². The molecule has 2 aromatic heterocycles. The number of carbonyl (C=O) groups excluding carboxylic acids is 1. The zero-order valence-corrected chi connectivity index (χ0v) is 17.1. The van der Waals surface area contributed by atoms with Gasteiger partial charge in [0.15, 0.2) is 0 Å². The molecule has 1 amide bonds. The van der Waals surface area contributed by atoms with Crippen molar-refractivity contribution >= 4 is 11.9 Å². The predicted molar refractivity (Wildman–Crippen MR) is 106 cm³/mol. The van der Waals surface area contributed by atoms with E-state index < -0.39 is 5.60 Å². The molecule has 0 saturated carbocycles. The van der Waals surface area contributed by atoms with E-state index >= 15 is 0 Å². The second-order valence-electron chi connectivity index (χ2n) is 8.37. The second-order valence-corrected chi connectivity index (χ2v) is 8.37. The molecule has 0 radical (unpaired) electrons. The Labute approximate surface area is 170 Å². The van der Waals surface area contributed by atoms with E-state index in [9.17, 15) is 4.79 Å². The van der Waals surface area contributed by atoms with Gasteiger partial charge in [-0.2, -0.15) is 0 Å². The first-order chi connectivity index (χ1) is 14.1. The largest absolute Gasteiger partial charge is 0.368 e. The Kier molecular flexibility index (Phi) is 4.49. The number of fused-ring (bicyclic) bond motifs is 3. The van der Waals surface area contributed by atoms with E-state index in [1.165, 1.54) is 0 Å². The Morgan fingerprint density at radius 2 is 1.97 bits per heavy atom. The van der Waals surface area contributed by atoms with Crippen LogP contribution in [0.25, 0.3) is 0 Å². The lowest BCUT2D eigenvalue weighted by Crippen LogP contribution is -2.49. The summed E-state index contributed by atoms with van der Waals surface area (Å²) in [5.74, 6) is 2.10. The van der Waals surface area contributed by atoms with Crippen LogP contribution in [0.4, 0.5) is 5.95 Å². The van der Waals surface area contributed by atoms with Gasteiger partial charge < -0.3 is 19.1 Å². The Hall–Kier alpha value is -2.55. The van der Waals surface area contributed by atoms with Crippen molar-refractivity contribution in [3.8, 4) is 0 Å². The maximum Gasteiger partial charge on any atom is 0.291 e. The average Bonchev–Trinajstić information content (AvgIpc) is 3.18. The number of nitrogens with zero attached hydrogens (tertiary/aromatic N) is 7. The SMILES string of the molecule is CN(C)c1ncc2c(n1)C1(CCN(C(=O)c3nnc4n3CCCC4)CC1)OCC2. The summed E-state index contributed by atoms with van der Waals surface area (Å²) in [6.07, 6.45) is 7.33. The highest BCUT2D eigenvalue weighted by Crippen LogP contribution is 2.41. The third-order valence-corrected chi connectivity index (χ3v) is 6.34. The molecule has 0 unspecified atom stereocenters. The molecule has 29 heavy (non-hydrogen) atoms. The minimum Gasteiger partial charge on any atom is -0.368 e. The van der Waals surface area contributed by atoms with Crippen molar-refractivity contribution in [1.82, 2.24) is 29.6 Å². The van der Waals surface area contributed by atoms with Gasteiger partial charge in [-0.25, -0.2) is 9.97 Å². The van der Waals surface area contributed by atoms with E-state index in [4.69, 9.17) is 9.72 Å². The fraction of sp³-hybridized carbons (Fsp3) is 0.650. The standard InChI is InChI=1S/C20H27N7O2/c1-25(2)19-21-13-14-6-12-29-20(16(14)22-19)7-10-26(11-8-20)18(28)17-24-23-15-5-3-4-9-27(15)17/h13H,3-12H2,1-2H3. The van der Waals surface area contributed by atoms with Gasteiger partial charge in [0.25, 0.3) is 5.91 Å². The van der Waals surface area contributed by atoms with Crippen molar-refractivity contribution < 1.29 is 9.53 Å². The lowest BCUT2D eigenvalue weighted by atomic mass is 9.83. The van der Waals surface area contributed by atoms with Crippen molar-refractivity contribution in [2.75, 3.05) is 38.7 Å². The molecular formula is C20H27N7O2. The summed E-state index contributed by atoms with van der Waals surface area (Å²) >= 11 is 0. The van der Waals surface area contributed by atoms with Crippen molar-refractivity contribution in [2.45, 2.75) is 50.7 Å². The Morgan fingerprint density at radius 3 is 2.76 bits per heavy atom. The molecule has 1 saturated heterocycles. The van der Waals surface area contributed by atoms with E-state index in [1.54, 1.807) is 0 Å². The number of piperidine rings is 1. The molecule has 3 aliphatic heterocycles. The summed E-state index contributed by atoms with van der Waals surface area (Å²) in [6.45, 7) is 2.76. The van der Waals surface area contributed by atoms with Gasteiger partial charge in [0, 0.05) is 46.3 Å². The van der Waals surface area contributed by atoms with Gasteiger partial charge in [0.05, 0.1) is 12.3 Å². The normalized spacial score (nSPS) is 20.3. The van der Waals surface area contributed by atoms with Crippen LogP contribution in [0.15, 0.2) is 6.20 Å². The highest BCUT2D eigenvalue weighted by Gasteiger charge is 2.44. The average molecular weight is 397 g/mol. The number of carbonyl (C=O) groups is 1. The van der Waals surface area contributed by atoms with Gasteiger partial charge >= 0.3 is 0 Å². The minimum absolute atomic E-state index is 0.0202. The molecule has 9 nitrogen and oxygen atoms in total. The van der Waals surface area contributed by atoms with Gasteiger partial charge in [0.2, 0.25) is 11.8 Å². The van der Waals surface area contributed by atoms with E-state index in [1.807, 2.05) is 34.7 Å². The molecule has 0 aromatic carbocycles. The van der Waals surface area contributed by atoms with Crippen LogP contribution in [0.1, 0.15) is 53.4 Å². The highest BCUT2D eigenvalue weighted by molar-refractivity contribution is 5.90. The van der Waals surface area contributed by atoms with Crippen molar-refractivity contribution in [3.63, 3.8) is 0 Å². The Morgan fingerprint density at radius 1 is 1.14 bits per heavy atom. The molecule has 3 aliphatic rings. The molecular weight excluding hydrogens is 370 g/mol. The van der Waals surface area contributed by atoms with Gasteiger partial charge in [-0.3, -0.25) is 4.79 Å². The fourth-order valence-corrected chi connectivity index (χ4v) is 4.68. The maximum atomic E-state index is 13.1.